The second-order valence-electron chi connectivity index (χ2n) is 10.2. The van der Waals surface area contributed by atoms with E-state index in [0.29, 0.717) is 37.8 Å². The van der Waals surface area contributed by atoms with Crippen molar-refractivity contribution >= 4 is 18.0 Å². The Bertz CT molecular complexity index is 1250. The molecule has 4 rings (SSSR count). The zero-order valence-corrected chi connectivity index (χ0v) is 21.6. The molecule has 5 nitrogen and oxygen atoms in total. The van der Waals surface area contributed by atoms with Gasteiger partial charge in [-0.25, -0.2) is 13.6 Å². The van der Waals surface area contributed by atoms with Crippen molar-refractivity contribution in [3.63, 3.8) is 0 Å². The average Bonchev–Trinajstić information content (AvgIpc) is 3.13. The van der Waals surface area contributed by atoms with Crippen LogP contribution in [0.15, 0.2) is 70.3 Å². The highest BCUT2D eigenvalue weighted by Gasteiger charge is 2.54. The summed E-state index contributed by atoms with van der Waals surface area (Å²) in [4.78, 5) is 16.4. The van der Waals surface area contributed by atoms with Crippen molar-refractivity contribution in [2.45, 2.75) is 58.0 Å². The molecular weight excluding hydrogens is 474 g/mol. The Morgan fingerprint density at radius 3 is 2.68 bits per heavy atom. The number of para-hydroxylation sites is 1. The number of carbonyl (C=O) groups excluding carboxylic acids is 1. The van der Waals surface area contributed by atoms with E-state index in [0.717, 1.165) is 29.6 Å². The van der Waals surface area contributed by atoms with Gasteiger partial charge in [-0.2, -0.15) is 0 Å². The molecule has 0 aliphatic heterocycles. The quantitative estimate of drug-likeness (QED) is 0.397. The predicted octanol–water partition coefficient (Wildman–Crippen LogP) is 6.57. The first kappa shape index (κ1) is 26.7. The molecule has 0 aromatic heterocycles. The lowest BCUT2D eigenvalue weighted by molar-refractivity contribution is -0.0458. The van der Waals surface area contributed by atoms with Gasteiger partial charge in [-0.3, -0.25) is 10.3 Å². The Labute approximate surface area is 217 Å². The summed E-state index contributed by atoms with van der Waals surface area (Å²) in [5.74, 6) is -0.785. The average molecular weight is 509 g/mol. The molecule has 37 heavy (non-hydrogen) atoms. The van der Waals surface area contributed by atoms with Gasteiger partial charge in [0.1, 0.15) is 11.6 Å². The highest BCUT2D eigenvalue weighted by molar-refractivity contribution is 5.85. The minimum Gasteiger partial charge on any atom is -0.453 e. The minimum atomic E-state index is -0.985. The minimum absolute atomic E-state index is 0.0882. The van der Waals surface area contributed by atoms with E-state index < -0.39 is 22.9 Å². The zero-order valence-electron chi connectivity index (χ0n) is 21.6. The number of aliphatic hydroxyl groups is 1. The number of allylic oxidation sites excluding steroid dienone is 3. The van der Waals surface area contributed by atoms with E-state index in [9.17, 15) is 18.7 Å². The number of halogens is 2. The molecule has 0 bridgehead atoms. The van der Waals surface area contributed by atoms with Crippen LogP contribution in [0, 0.1) is 17.0 Å². The molecule has 1 saturated carbocycles. The van der Waals surface area contributed by atoms with Crippen LogP contribution in [0.3, 0.4) is 0 Å². The largest absolute Gasteiger partial charge is 0.453 e. The fraction of sp³-hybridized carbons (Fsp3) is 0.400. The molecule has 2 aromatic carbocycles. The van der Waals surface area contributed by atoms with Crippen LogP contribution in [0.2, 0.25) is 0 Å². The lowest BCUT2D eigenvalue weighted by atomic mass is 9.65. The maximum Gasteiger partial charge on any atom is 0.411 e. The molecule has 1 amide bonds. The first-order valence-corrected chi connectivity index (χ1v) is 12.6. The summed E-state index contributed by atoms with van der Waals surface area (Å²) in [7, 11) is 1.23. The molecule has 0 spiro atoms. The van der Waals surface area contributed by atoms with E-state index >= 15 is 0 Å². The van der Waals surface area contributed by atoms with Gasteiger partial charge in [-0.05, 0) is 85.9 Å². The number of aliphatic imine (C=N–C) groups is 1. The van der Waals surface area contributed by atoms with E-state index in [-0.39, 0.29) is 11.5 Å². The molecule has 2 aliphatic carbocycles. The number of rotatable bonds is 8. The van der Waals surface area contributed by atoms with Gasteiger partial charge < -0.3 is 9.84 Å². The summed E-state index contributed by atoms with van der Waals surface area (Å²) >= 11 is 0. The summed E-state index contributed by atoms with van der Waals surface area (Å²) in [6.07, 6.45) is 6.98. The third-order valence-electron chi connectivity index (χ3n) is 8.00. The molecule has 7 heteroatoms. The number of fused-ring (bicyclic) bond motifs is 1. The SMILES string of the molecule is COC(=O)Nc1c(F)cccc1CCC1(O)CCC2=CC(C)=C(/C=N\CCc3ccc(F)cc3)CC21C. The van der Waals surface area contributed by atoms with Crippen LogP contribution in [0.25, 0.3) is 0 Å². The molecule has 2 unspecified atom stereocenters. The van der Waals surface area contributed by atoms with Gasteiger partial charge in [0.2, 0.25) is 0 Å². The van der Waals surface area contributed by atoms with Crippen molar-refractivity contribution in [3.8, 4) is 0 Å². The third-order valence-corrected chi connectivity index (χ3v) is 8.00. The number of hydrogen-bond acceptors (Lipinski definition) is 4. The zero-order chi connectivity index (χ0) is 26.6. The number of amides is 1. The number of benzene rings is 2. The maximum absolute atomic E-state index is 14.5. The smallest absolute Gasteiger partial charge is 0.411 e. The van der Waals surface area contributed by atoms with Crippen LogP contribution >= 0.6 is 0 Å². The van der Waals surface area contributed by atoms with Gasteiger partial charge in [0.05, 0.1) is 18.4 Å². The standard InChI is InChI=1S/C30H34F2N2O3/c1-20-17-24-12-15-30(36,14-11-22-5-4-6-26(32)27(22)34-28(35)37-3)29(24,2)18-23(20)19-33-16-13-21-7-9-25(31)10-8-21/h4-10,17,19,36H,11-16,18H2,1-3H3,(H,34,35)/b33-19-. The van der Waals surface area contributed by atoms with Crippen molar-refractivity contribution < 1.29 is 23.4 Å². The fourth-order valence-corrected chi connectivity index (χ4v) is 5.56. The normalized spacial score (nSPS) is 23.2. The van der Waals surface area contributed by atoms with Gasteiger partial charge in [0, 0.05) is 18.2 Å². The molecule has 196 valence electrons. The van der Waals surface area contributed by atoms with Crippen LogP contribution in [0.1, 0.15) is 50.7 Å². The Morgan fingerprint density at radius 1 is 1.19 bits per heavy atom. The summed E-state index contributed by atoms with van der Waals surface area (Å²) < 4.78 is 32.2. The van der Waals surface area contributed by atoms with Crippen LogP contribution in [-0.4, -0.2) is 36.7 Å². The van der Waals surface area contributed by atoms with Crippen molar-refractivity contribution in [1.29, 1.82) is 0 Å². The second-order valence-corrected chi connectivity index (χ2v) is 10.2. The topological polar surface area (TPSA) is 70.9 Å². The Kier molecular flexibility index (Phi) is 7.93. The van der Waals surface area contributed by atoms with E-state index in [4.69, 9.17) is 0 Å². The number of methoxy groups -OCH3 is 1. The number of aryl methyl sites for hydroxylation is 1. The van der Waals surface area contributed by atoms with Crippen molar-refractivity contribution in [2.24, 2.45) is 10.4 Å². The third kappa shape index (κ3) is 5.67. The molecule has 2 N–H and O–H groups in total. The monoisotopic (exact) mass is 508 g/mol. The van der Waals surface area contributed by atoms with Gasteiger partial charge in [-0.1, -0.05) is 42.8 Å². The Balaban J connectivity index is 1.46. The predicted molar refractivity (Wildman–Crippen MR) is 142 cm³/mol. The van der Waals surface area contributed by atoms with Crippen LogP contribution < -0.4 is 5.32 Å². The Hall–Kier alpha value is -3.32. The number of nitrogens with zero attached hydrogens (tertiary/aromatic N) is 1. The fourth-order valence-electron chi connectivity index (χ4n) is 5.56. The molecule has 1 fully saturated rings. The number of nitrogens with one attached hydrogen (secondary N) is 1. The first-order chi connectivity index (χ1) is 17.6. The second kappa shape index (κ2) is 11.0. The van der Waals surface area contributed by atoms with E-state index in [1.165, 1.54) is 30.9 Å². The molecule has 2 aliphatic rings. The molecule has 0 heterocycles. The molecular formula is C30H34F2N2O3. The van der Waals surface area contributed by atoms with Crippen LogP contribution in [0.5, 0.6) is 0 Å². The number of ether oxygens (including phenoxy) is 1. The lowest BCUT2D eigenvalue weighted by Gasteiger charge is -2.43. The highest BCUT2D eigenvalue weighted by Crippen LogP contribution is 2.57. The van der Waals surface area contributed by atoms with Crippen molar-refractivity contribution in [1.82, 2.24) is 0 Å². The Morgan fingerprint density at radius 2 is 1.95 bits per heavy atom. The number of anilines is 1. The van der Waals surface area contributed by atoms with Gasteiger partial charge in [-0.15, -0.1) is 0 Å². The molecule has 0 saturated heterocycles. The van der Waals surface area contributed by atoms with Crippen LogP contribution in [0.4, 0.5) is 19.3 Å². The lowest BCUT2D eigenvalue weighted by Crippen LogP contribution is -2.44. The number of hydrogen-bond donors (Lipinski definition) is 2. The summed E-state index contributed by atoms with van der Waals surface area (Å²) in [5, 5.41) is 14.4. The van der Waals surface area contributed by atoms with Crippen LogP contribution in [-0.2, 0) is 17.6 Å². The summed E-state index contributed by atoms with van der Waals surface area (Å²) in [5.41, 5.74) is 3.75. The van der Waals surface area contributed by atoms with Gasteiger partial charge >= 0.3 is 6.09 Å². The molecule has 2 atom stereocenters. The molecule has 0 radical (unpaired) electrons. The van der Waals surface area contributed by atoms with Crippen molar-refractivity contribution in [2.75, 3.05) is 19.0 Å². The summed E-state index contributed by atoms with van der Waals surface area (Å²) in [6.45, 7) is 4.77. The highest BCUT2D eigenvalue weighted by atomic mass is 19.1. The van der Waals surface area contributed by atoms with E-state index in [1.807, 2.05) is 6.21 Å². The van der Waals surface area contributed by atoms with Crippen molar-refractivity contribution in [3.05, 3.63) is 88.0 Å². The van der Waals surface area contributed by atoms with Gasteiger partial charge in [0.25, 0.3) is 0 Å². The van der Waals surface area contributed by atoms with Gasteiger partial charge in [0.15, 0.2) is 0 Å². The number of carbonyl (C=O) groups is 1. The van der Waals surface area contributed by atoms with E-state index in [2.05, 4.69) is 35.0 Å². The maximum atomic E-state index is 14.5. The molecule has 2 aromatic rings. The van der Waals surface area contributed by atoms with E-state index in [1.54, 1.807) is 24.3 Å². The first-order valence-electron chi connectivity index (χ1n) is 12.6. The summed E-state index contributed by atoms with van der Waals surface area (Å²) in [6, 6.07) is 11.1.